The Morgan fingerprint density at radius 3 is 3.06 bits per heavy atom. The van der Waals surface area contributed by atoms with Crippen LogP contribution < -0.4 is 0 Å². The zero-order valence-electron chi connectivity index (χ0n) is 9.46. The van der Waals surface area contributed by atoms with Crippen molar-refractivity contribution >= 4 is 23.6 Å². The molecule has 3 rings (SSSR count). The first-order chi connectivity index (χ1) is 8.19. The average Bonchev–Trinajstić information content (AvgIpc) is 2.85. The maximum Gasteiger partial charge on any atom is 0.342 e. The second-order valence-corrected chi connectivity index (χ2v) is 5.84. The maximum atomic E-state index is 12.0. The molecule has 0 bridgehead atoms. The number of methoxy groups -OCH3 is 1. The highest BCUT2D eigenvalue weighted by Gasteiger charge is 2.62. The fourth-order valence-electron chi connectivity index (χ4n) is 2.79. The smallest absolute Gasteiger partial charge is 0.342 e. The van der Waals surface area contributed by atoms with E-state index in [1.54, 1.807) is 16.7 Å². The monoisotopic (exact) mass is 251 g/mol. The predicted molar refractivity (Wildman–Crippen MR) is 64.3 cm³/mol. The first-order valence-electron chi connectivity index (χ1n) is 5.62. The highest BCUT2D eigenvalue weighted by Crippen LogP contribution is 2.53. The van der Waals surface area contributed by atoms with E-state index in [1.165, 1.54) is 7.11 Å². The summed E-state index contributed by atoms with van der Waals surface area (Å²) in [6, 6.07) is -0.000833. The summed E-state index contributed by atoms with van der Waals surface area (Å²) in [6.07, 6.45) is 8.92. The van der Waals surface area contributed by atoms with Gasteiger partial charge in [-0.05, 0) is 6.42 Å². The summed E-state index contributed by atoms with van der Waals surface area (Å²) >= 11 is 1.54. The van der Waals surface area contributed by atoms with Gasteiger partial charge in [0.1, 0.15) is 0 Å². The summed E-state index contributed by atoms with van der Waals surface area (Å²) in [7, 11) is 1.38. The third-order valence-corrected chi connectivity index (χ3v) is 5.19. The number of rotatable bonds is 1. The van der Waals surface area contributed by atoms with Crippen LogP contribution in [0.3, 0.4) is 0 Å². The number of fused-ring (bicyclic) bond motifs is 3. The molecule has 0 spiro atoms. The molecule has 0 aromatic rings. The molecular weight excluding hydrogens is 238 g/mol. The lowest BCUT2D eigenvalue weighted by atomic mass is 10.1. The van der Waals surface area contributed by atoms with Crippen LogP contribution in [0, 0.1) is 0 Å². The molecule has 0 N–H and O–H groups in total. The van der Waals surface area contributed by atoms with Gasteiger partial charge in [0, 0.05) is 6.42 Å². The van der Waals surface area contributed by atoms with Gasteiger partial charge < -0.3 is 9.64 Å². The Bertz CT molecular complexity index is 445. The van der Waals surface area contributed by atoms with E-state index >= 15 is 0 Å². The molecule has 4 nitrogen and oxygen atoms in total. The molecule has 2 aliphatic heterocycles. The van der Waals surface area contributed by atoms with Crippen LogP contribution in [0.1, 0.15) is 12.8 Å². The summed E-state index contributed by atoms with van der Waals surface area (Å²) < 4.78 is 4.89. The first-order valence-corrected chi connectivity index (χ1v) is 6.50. The normalized spacial score (nSPS) is 38.2. The Morgan fingerprint density at radius 1 is 1.53 bits per heavy atom. The fourth-order valence-corrected chi connectivity index (χ4v) is 4.50. The number of nitrogens with zero attached hydrogens (tertiary/aromatic N) is 1. The Labute approximate surface area is 104 Å². The number of carbonyl (C=O) groups excluding carboxylic acids is 2. The minimum Gasteiger partial charge on any atom is -0.467 e. The summed E-state index contributed by atoms with van der Waals surface area (Å²) in [5, 5.41) is 0.170. The third kappa shape index (κ3) is 1.32. The number of ether oxygens (including phenoxy) is 1. The molecule has 3 aliphatic rings. The first kappa shape index (κ1) is 10.9. The minimum atomic E-state index is -0.791. The van der Waals surface area contributed by atoms with Crippen molar-refractivity contribution < 1.29 is 14.3 Å². The summed E-state index contributed by atoms with van der Waals surface area (Å²) in [6.45, 7) is 0. The maximum absolute atomic E-state index is 12.0. The van der Waals surface area contributed by atoms with Crippen molar-refractivity contribution in [2.24, 2.45) is 0 Å². The lowest BCUT2D eigenvalue weighted by Gasteiger charge is -2.30. The second kappa shape index (κ2) is 3.63. The molecule has 0 radical (unpaired) electrons. The molecule has 2 fully saturated rings. The molecule has 1 aliphatic carbocycles. The SMILES string of the molecule is COC(=O)C12CCC(=O)N1C1C=CC=CC1S2. The minimum absolute atomic E-state index is 0.000833. The Kier molecular flexibility index (Phi) is 2.33. The molecule has 0 saturated carbocycles. The number of thioether (sulfide) groups is 1. The van der Waals surface area contributed by atoms with Crippen molar-refractivity contribution in [3.05, 3.63) is 24.3 Å². The van der Waals surface area contributed by atoms with Gasteiger partial charge in [-0.3, -0.25) is 4.79 Å². The summed E-state index contributed by atoms with van der Waals surface area (Å²) in [5.41, 5.74) is 0. The zero-order valence-corrected chi connectivity index (χ0v) is 10.3. The van der Waals surface area contributed by atoms with Crippen molar-refractivity contribution in [3.63, 3.8) is 0 Å². The molecule has 17 heavy (non-hydrogen) atoms. The molecule has 2 saturated heterocycles. The number of hydrogen-bond donors (Lipinski definition) is 0. The molecule has 5 heteroatoms. The topological polar surface area (TPSA) is 46.6 Å². The number of amides is 1. The van der Waals surface area contributed by atoms with Gasteiger partial charge in [0.05, 0.1) is 18.4 Å². The molecular formula is C12H13NO3S. The largest absolute Gasteiger partial charge is 0.467 e. The second-order valence-electron chi connectivity index (χ2n) is 4.38. The molecule has 3 atom stereocenters. The van der Waals surface area contributed by atoms with Gasteiger partial charge in [-0.15, -0.1) is 11.8 Å². The molecule has 2 heterocycles. The van der Waals surface area contributed by atoms with Crippen LogP contribution in [0.4, 0.5) is 0 Å². The van der Waals surface area contributed by atoms with Crippen molar-refractivity contribution in [1.82, 2.24) is 4.90 Å². The van der Waals surface area contributed by atoms with Crippen LogP contribution in [0.15, 0.2) is 24.3 Å². The Hall–Kier alpha value is -1.23. The van der Waals surface area contributed by atoms with Crippen LogP contribution in [0.2, 0.25) is 0 Å². The van der Waals surface area contributed by atoms with Gasteiger partial charge in [-0.1, -0.05) is 24.3 Å². The van der Waals surface area contributed by atoms with Gasteiger partial charge in [0.25, 0.3) is 0 Å². The van der Waals surface area contributed by atoms with Crippen molar-refractivity contribution in [1.29, 1.82) is 0 Å². The van der Waals surface area contributed by atoms with Crippen LogP contribution in [0.5, 0.6) is 0 Å². The summed E-state index contributed by atoms with van der Waals surface area (Å²) in [5.74, 6) is -0.250. The van der Waals surface area contributed by atoms with Crippen LogP contribution in [-0.4, -0.2) is 40.0 Å². The van der Waals surface area contributed by atoms with Gasteiger partial charge >= 0.3 is 5.97 Å². The van der Waals surface area contributed by atoms with Gasteiger partial charge in [-0.2, -0.15) is 0 Å². The van der Waals surface area contributed by atoms with E-state index in [-0.39, 0.29) is 23.2 Å². The standard InChI is InChI=1S/C12H13NO3S/c1-16-11(15)12-7-6-10(14)13(12)8-4-2-3-5-9(8)17-12/h2-5,8-9H,6-7H2,1H3. The molecule has 3 unspecified atom stereocenters. The van der Waals surface area contributed by atoms with E-state index in [4.69, 9.17) is 4.74 Å². The van der Waals surface area contributed by atoms with Crippen molar-refractivity contribution in [3.8, 4) is 0 Å². The van der Waals surface area contributed by atoms with Crippen LogP contribution in [0.25, 0.3) is 0 Å². The van der Waals surface area contributed by atoms with E-state index in [9.17, 15) is 9.59 Å². The average molecular weight is 251 g/mol. The molecule has 90 valence electrons. The lowest BCUT2D eigenvalue weighted by molar-refractivity contribution is -0.151. The lowest BCUT2D eigenvalue weighted by Crippen LogP contribution is -2.49. The molecule has 0 aromatic heterocycles. The number of allylic oxidation sites excluding steroid dienone is 2. The quantitative estimate of drug-likeness (QED) is 0.654. The van der Waals surface area contributed by atoms with Crippen molar-refractivity contribution in [2.45, 2.75) is 29.0 Å². The highest BCUT2D eigenvalue weighted by atomic mass is 32.2. The van der Waals surface area contributed by atoms with E-state index in [0.29, 0.717) is 12.8 Å². The van der Waals surface area contributed by atoms with E-state index < -0.39 is 4.87 Å². The number of carbonyl (C=O) groups is 2. The molecule has 0 aromatic carbocycles. The van der Waals surface area contributed by atoms with Crippen LogP contribution >= 0.6 is 11.8 Å². The Balaban J connectivity index is 2.04. The fraction of sp³-hybridized carbons (Fsp3) is 0.500. The van der Waals surface area contributed by atoms with E-state index in [1.807, 2.05) is 24.3 Å². The molecule has 1 amide bonds. The Morgan fingerprint density at radius 2 is 2.29 bits per heavy atom. The summed E-state index contributed by atoms with van der Waals surface area (Å²) in [4.78, 5) is 24.9. The van der Waals surface area contributed by atoms with Crippen LogP contribution in [-0.2, 0) is 14.3 Å². The van der Waals surface area contributed by atoms with Gasteiger partial charge in [-0.25, -0.2) is 4.79 Å². The van der Waals surface area contributed by atoms with Gasteiger partial charge in [0.15, 0.2) is 4.87 Å². The number of esters is 1. The number of hydrogen-bond acceptors (Lipinski definition) is 4. The van der Waals surface area contributed by atoms with E-state index in [0.717, 1.165) is 0 Å². The zero-order chi connectivity index (χ0) is 12.0. The van der Waals surface area contributed by atoms with Gasteiger partial charge in [0.2, 0.25) is 5.91 Å². The van der Waals surface area contributed by atoms with E-state index in [2.05, 4.69) is 0 Å². The van der Waals surface area contributed by atoms with Crippen molar-refractivity contribution in [2.75, 3.05) is 7.11 Å². The highest BCUT2D eigenvalue weighted by molar-refractivity contribution is 8.02. The predicted octanol–water partition coefficient (Wildman–Crippen LogP) is 1.09. The third-order valence-electron chi connectivity index (χ3n) is 3.53.